The average Bonchev–Trinajstić information content (AvgIpc) is 2.85. The molecule has 2 heterocycles. The smallest absolute Gasteiger partial charge is 0.231 e. The molecule has 0 amide bonds. The van der Waals surface area contributed by atoms with E-state index in [2.05, 4.69) is 9.97 Å². The van der Waals surface area contributed by atoms with Crippen LogP contribution >= 0.6 is 0 Å². The maximum Gasteiger partial charge on any atom is 0.231 e. The molecule has 17 heavy (non-hydrogen) atoms. The Bertz CT molecular complexity index is 543. The number of methoxy groups -OCH3 is 1. The molecule has 5 heteroatoms. The SMILES string of the molecule is COc1cc2c(cc1-c1cncnc1)OCO2. The fourth-order valence-electron chi connectivity index (χ4n) is 1.76. The Balaban J connectivity index is 2.16. The number of aromatic nitrogens is 2. The molecule has 1 aromatic carbocycles. The Morgan fingerprint density at radius 2 is 1.82 bits per heavy atom. The topological polar surface area (TPSA) is 53.5 Å². The van der Waals surface area contributed by atoms with Crippen molar-refractivity contribution in [3.63, 3.8) is 0 Å². The summed E-state index contributed by atoms with van der Waals surface area (Å²) in [6.07, 6.45) is 4.95. The molecule has 0 fully saturated rings. The summed E-state index contributed by atoms with van der Waals surface area (Å²) in [5, 5.41) is 0. The lowest BCUT2D eigenvalue weighted by atomic mass is 10.1. The number of ether oxygens (including phenoxy) is 3. The second kappa shape index (κ2) is 3.93. The molecule has 0 saturated carbocycles. The van der Waals surface area contributed by atoms with Gasteiger partial charge in [0.15, 0.2) is 11.5 Å². The first-order chi connectivity index (χ1) is 8.38. The van der Waals surface area contributed by atoms with Crippen molar-refractivity contribution in [2.75, 3.05) is 13.9 Å². The van der Waals surface area contributed by atoms with Gasteiger partial charge in [-0.25, -0.2) is 9.97 Å². The van der Waals surface area contributed by atoms with Crippen LogP contribution < -0.4 is 14.2 Å². The molecule has 0 spiro atoms. The van der Waals surface area contributed by atoms with E-state index >= 15 is 0 Å². The first kappa shape index (κ1) is 9.89. The molecule has 0 saturated heterocycles. The second-order valence-corrected chi connectivity index (χ2v) is 3.53. The number of benzene rings is 1. The van der Waals surface area contributed by atoms with Crippen LogP contribution in [0.3, 0.4) is 0 Å². The van der Waals surface area contributed by atoms with Gasteiger partial charge in [-0.15, -0.1) is 0 Å². The third-order valence-corrected chi connectivity index (χ3v) is 2.57. The highest BCUT2D eigenvalue weighted by Crippen LogP contribution is 2.41. The van der Waals surface area contributed by atoms with E-state index in [1.54, 1.807) is 19.5 Å². The summed E-state index contributed by atoms with van der Waals surface area (Å²) in [6, 6.07) is 3.69. The van der Waals surface area contributed by atoms with Crippen molar-refractivity contribution in [2.45, 2.75) is 0 Å². The minimum absolute atomic E-state index is 0.243. The predicted octanol–water partition coefficient (Wildman–Crippen LogP) is 1.88. The van der Waals surface area contributed by atoms with Gasteiger partial charge in [0.2, 0.25) is 6.79 Å². The van der Waals surface area contributed by atoms with Crippen LogP contribution in [-0.2, 0) is 0 Å². The van der Waals surface area contributed by atoms with E-state index in [-0.39, 0.29) is 6.79 Å². The summed E-state index contributed by atoms with van der Waals surface area (Å²) < 4.78 is 16.0. The molecule has 2 aromatic rings. The van der Waals surface area contributed by atoms with E-state index in [4.69, 9.17) is 14.2 Å². The molecule has 3 rings (SSSR count). The van der Waals surface area contributed by atoms with Crippen molar-refractivity contribution >= 4 is 0 Å². The van der Waals surface area contributed by atoms with Crippen molar-refractivity contribution in [3.8, 4) is 28.4 Å². The molecule has 0 radical (unpaired) electrons. The zero-order valence-electron chi connectivity index (χ0n) is 9.21. The molecule has 0 bridgehead atoms. The monoisotopic (exact) mass is 230 g/mol. The summed E-state index contributed by atoms with van der Waals surface area (Å²) in [5.74, 6) is 2.12. The second-order valence-electron chi connectivity index (χ2n) is 3.53. The van der Waals surface area contributed by atoms with Crippen molar-refractivity contribution in [3.05, 3.63) is 30.9 Å². The lowest BCUT2D eigenvalue weighted by molar-refractivity contribution is 0.174. The quantitative estimate of drug-likeness (QED) is 0.788. The summed E-state index contributed by atoms with van der Waals surface area (Å²) >= 11 is 0. The Morgan fingerprint density at radius 1 is 1.12 bits per heavy atom. The van der Waals surface area contributed by atoms with Gasteiger partial charge in [-0.3, -0.25) is 0 Å². The van der Waals surface area contributed by atoms with Crippen molar-refractivity contribution in [2.24, 2.45) is 0 Å². The van der Waals surface area contributed by atoms with E-state index < -0.39 is 0 Å². The van der Waals surface area contributed by atoms with Gasteiger partial charge in [0.1, 0.15) is 12.1 Å². The van der Waals surface area contributed by atoms with E-state index in [9.17, 15) is 0 Å². The number of nitrogens with zero attached hydrogens (tertiary/aromatic N) is 2. The predicted molar refractivity (Wildman–Crippen MR) is 60.1 cm³/mol. The van der Waals surface area contributed by atoms with Crippen LogP contribution in [0.2, 0.25) is 0 Å². The Hall–Kier alpha value is -2.30. The molecule has 86 valence electrons. The maximum atomic E-state index is 5.34. The molecular weight excluding hydrogens is 220 g/mol. The first-order valence-corrected chi connectivity index (χ1v) is 5.11. The van der Waals surface area contributed by atoms with Gasteiger partial charge in [0, 0.05) is 29.6 Å². The molecule has 0 N–H and O–H groups in total. The van der Waals surface area contributed by atoms with E-state index in [0.717, 1.165) is 11.1 Å². The average molecular weight is 230 g/mol. The highest BCUT2D eigenvalue weighted by atomic mass is 16.7. The fraction of sp³-hybridized carbons (Fsp3) is 0.167. The van der Waals surface area contributed by atoms with Gasteiger partial charge in [-0.1, -0.05) is 0 Å². The summed E-state index contributed by atoms with van der Waals surface area (Å²) in [7, 11) is 1.62. The van der Waals surface area contributed by atoms with Gasteiger partial charge in [0.05, 0.1) is 7.11 Å². The first-order valence-electron chi connectivity index (χ1n) is 5.11. The minimum Gasteiger partial charge on any atom is -0.496 e. The van der Waals surface area contributed by atoms with Gasteiger partial charge >= 0.3 is 0 Å². The molecule has 1 aromatic heterocycles. The van der Waals surface area contributed by atoms with Crippen LogP contribution in [-0.4, -0.2) is 23.9 Å². The third kappa shape index (κ3) is 1.65. The van der Waals surface area contributed by atoms with Crippen LogP contribution in [0.1, 0.15) is 0 Å². The number of fused-ring (bicyclic) bond motifs is 1. The highest BCUT2D eigenvalue weighted by molar-refractivity contribution is 5.73. The van der Waals surface area contributed by atoms with Crippen molar-refractivity contribution < 1.29 is 14.2 Å². The Kier molecular flexibility index (Phi) is 2.29. The molecule has 5 nitrogen and oxygen atoms in total. The van der Waals surface area contributed by atoms with Crippen molar-refractivity contribution in [1.29, 1.82) is 0 Å². The van der Waals surface area contributed by atoms with Crippen LogP contribution in [0.4, 0.5) is 0 Å². The van der Waals surface area contributed by atoms with E-state index in [1.165, 1.54) is 6.33 Å². The van der Waals surface area contributed by atoms with Gasteiger partial charge in [-0.2, -0.15) is 0 Å². The Labute approximate surface area is 98.0 Å². The van der Waals surface area contributed by atoms with E-state index in [1.807, 2.05) is 12.1 Å². The third-order valence-electron chi connectivity index (χ3n) is 2.57. The van der Waals surface area contributed by atoms with Crippen molar-refractivity contribution in [1.82, 2.24) is 9.97 Å². The standard InChI is InChI=1S/C12H10N2O3/c1-15-10-3-12-11(16-7-17-12)2-9(10)8-4-13-6-14-5-8/h2-6H,7H2,1H3. The zero-order valence-corrected chi connectivity index (χ0v) is 9.21. The number of rotatable bonds is 2. The minimum atomic E-state index is 0.243. The summed E-state index contributed by atoms with van der Waals surface area (Å²) in [6.45, 7) is 0.243. The lowest BCUT2D eigenvalue weighted by Crippen LogP contribution is -1.92. The van der Waals surface area contributed by atoms with Crippen LogP contribution in [0, 0.1) is 0 Å². The molecule has 0 aliphatic carbocycles. The largest absolute Gasteiger partial charge is 0.496 e. The van der Waals surface area contributed by atoms with Crippen LogP contribution in [0.25, 0.3) is 11.1 Å². The van der Waals surface area contributed by atoms with Gasteiger partial charge in [0.25, 0.3) is 0 Å². The summed E-state index contributed by atoms with van der Waals surface area (Å²) in [5.41, 5.74) is 1.76. The normalized spacial score (nSPS) is 12.5. The Morgan fingerprint density at radius 3 is 2.53 bits per heavy atom. The molecule has 0 atom stereocenters. The van der Waals surface area contributed by atoms with Gasteiger partial charge < -0.3 is 14.2 Å². The summed E-state index contributed by atoms with van der Waals surface area (Å²) in [4.78, 5) is 7.98. The maximum absolute atomic E-state index is 5.34. The number of hydrogen-bond acceptors (Lipinski definition) is 5. The highest BCUT2D eigenvalue weighted by Gasteiger charge is 2.18. The van der Waals surface area contributed by atoms with Crippen LogP contribution in [0.15, 0.2) is 30.9 Å². The van der Waals surface area contributed by atoms with Gasteiger partial charge in [-0.05, 0) is 6.07 Å². The van der Waals surface area contributed by atoms with Crippen LogP contribution in [0.5, 0.6) is 17.2 Å². The zero-order chi connectivity index (χ0) is 11.7. The molecular formula is C12H10N2O3. The number of hydrogen-bond donors (Lipinski definition) is 0. The molecule has 1 aliphatic heterocycles. The lowest BCUT2D eigenvalue weighted by Gasteiger charge is -2.09. The van der Waals surface area contributed by atoms with E-state index in [0.29, 0.717) is 17.2 Å². The molecule has 1 aliphatic rings. The fourth-order valence-corrected chi connectivity index (χ4v) is 1.76. The molecule has 0 unspecified atom stereocenters.